The van der Waals surface area contributed by atoms with Crippen LogP contribution in [0.15, 0.2) is 58.6 Å². The van der Waals surface area contributed by atoms with Gasteiger partial charge in [0.2, 0.25) is 0 Å². The lowest BCUT2D eigenvalue weighted by atomic mass is 10.0. The molecule has 220 valence electrons. The molecule has 0 aromatic heterocycles. The minimum absolute atomic E-state index is 0.134. The average molecular weight is 587 g/mol. The number of carbonyl (C=O) groups excluding carboxylic acids is 2. The van der Waals surface area contributed by atoms with E-state index in [1.807, 2.05) is 0 Å². The van der Waals surface area contributed by atoms with Crippen molar-refractivity contribution in [1.29, 1.82) is 0 Å². The predicted octanol–water partition coefficient (Wildman–Crippen LogP) is 5.44. The Morgan fingerprint density at radius 2 is 1.40 bits per heavy atom. The van der Waals surface area contributed by atoms with Crippen molar-refractivity contribution in [2.24, 2.45) is 5.16 Å². The number of oxime groups is 1. The van der Waals surface area contributed by atoms with Crippen molar-refractivity contribution in [2.75, 3.05) is 0 Å². The molecule has 0 aliphatic heterocycles. The summed E-state index contributed by atoms with van der Waals surface area (Å²) in [7, 11) is -4.60. The van der Waals surface area contributed by atoms with Crippen LogP contribution in [0.1, 0.15) is 58.2 Å². The third kappa shape index (κ3) is 10.5. The average Bonchev–Trinajstić information content (AvgIpc) is 2.76. The lowest BCUT2D eigenvalue weighted by Gasteiger charge is -2.26. The highest BCUT2D eigenvalue weighted by molar-refractivity contribution is 7.86. The van der Waals surface area contributed by atoms with Crippen LogP contribution in [0.4, 0.5) is 18.0 Å². The summed E-state index contributed by atoms with van der Waals surface area (Å²) in [6.45, 7) is 11.6. The fraction of sp³-hybridized carbons (Fsp3) is 0.444. The third-order valence-electron chi connectivity index (χ3n) is 4.85. The van der Waals surface area contributed by atoms with Crippen LogP contribution in [-0.2, 0) is 35.1 Å². The first kappa shape index (κ1) is 32.6. The zero-order chi connectivity index (χ0) is 30.5. The molecule has 13 heteroatoms. The van der Waals surface area contributed by atoms with Gasteiger partial charge in [0.25, 0.3) is 0 Å². The van der Waals surface area contributed by atoms with E-state index in [0.717, 1.165) is 17.7 Å². The highest BCUT2D eigenvalue weighted by atomic mass is 32.2. The Balaban J connectivity index is 2.31. The van der Waals surface area contributed by atoms with Crippen molar-refractivity contribution in [1.82, 2.24) is 5.32 Å². The molecule has 0 aliphatic rings. The van der Waals surface area contributed by atoms with Crippen LogP contribution in [0, 0.1) is 6.92 Å². The molecule has 40 heavy (non-hydrogen) atoms. The van der Waals surface area contributed by atoms with Gasteiger partial charge in [0.15, 0.2) is 5.71 Å². The Morgan fingerprint density at radius 1 is 0.875 bits per heavy atom. The largest absolute Gasteiger partial charge is 0.458 e. The molecule has 0 spiro atoms. The molecule has 2 aromatic rings. The minimum atomic E-state index is -5.05. The van der Waals surface area contributed by atoms with Crippen molar-refractivity contribution in [3.63, 3.8) is 0 Å². The van der Waals surface area contributed by atoms with Gasteiger partial charge in [-0.15, -0.1) is 0 Å². The standard InChI is InChI=1S/C27H33F3N2O7S/c1-17-8-14-20(15-9-17)40(35,36)39-32-22(27(28,29)30)19-12-10-18(11-13-19)16-21(23(33)37-25(2,3)4)31-24(34)38-26(5,6)7/h8-15,21H,16H2,1-7H3,(H,31,34)/b32-22-/t21-/m0/s1. The molecule has 0 saturated heterocycles. The highest BCUT2D eigenvalue weighted by Crippen LogP contribution is 2.25. The topological polar surface area (TPSA) is 120 Å². The fourth-order valence-corrected chi connectivity index (χ4v) is 3.88. The number of alkyl halides is 3. The molecule has 0 aliphatic carbocycles. The molecule has 0 unspecified atom stereocenters. The quantitative estimate of drug-likeness (QED) is 0.248. The summed E-state index contributed by atoms with van der Waals surface area (Å²) in [5, 5.41) is 5.36. The van der Waals surface area contributed by atoms with E-state index in [1.54, 1.807) is 48.5 Å². The van der Waals surface area contributed by atoms with Gasteiger partial charge >= 0.3 is 28.4 Å². The molecule has 0 heterocycles. The Labute approximate surface area is 231 Å². The van der Waals surface area contributed by atoms with E-state index in [9.17, 15) is 31.2 Å². The minimum Gasteiger partial charge on any atom is -0.458 e. The summed E-state index contributed by atoms with van der Waals surface area (Å²) < 4.78 is 80.9. The summed E-state index contributed by atoms with van der Waals surface area (Å²) in [5.41, 5.74) is -2.66. The molecule has 0 bridgehead atoms. The number of halogens is 3. The summed E-state index contributed by atoms with van der Waals surface area (Å²) in [4.78, 5) is 24.7. The van der Waals surface area contributed by atoms with Crippen molar-refractivity contribution in [2.45, 2.75) is 83.2 Å². The summed E-state index contributed by atoms with van der Waals surface area (Å²) in [5.74, 6) is -0.769. The van der Waals surface area contributed by atoms with Gasteiger partial charge in [0, 0.05) is 12.0 Å². The zero-order valence-corrected chi connectivity index (χ0v) is 24.1. The van der Waals surface area contributed by atoms with E-state index in [1.165, 1.54) is 36.4 Å². The van der Waals surface area contributed by atoms with Crippen molar-refractivity contribution < 1.29 is 44.9 Å². The van der Waals surface area contributed by atoms with Gasteiger partial charge in [-0.3, -0.25) is 4.28 Å². The number of carbonyl (C=O) groups is 2. The van der Waals surface area contributed by atoms with E-state index in [0.29, 0.717) is 5.56 Å². The van der Waals surface area contributed by atoms with Crippen LogP contribution in [0.25, 0.3) is 0 Å². The van der Waals surface area contributed by atoms with E-state index in [2.05, 4.69) is 14.8 Å². The SMILES string of the molecule is Cc1ccc(S(=O)(=O)O/N=C(/c2ccc(C[C@H](NC(=O)OC(C)(C)C)C(=O)OC(C)(C)C)cc2)C(F)(F)F)cc1. The van der Waals surface area contributed by atoms with Crippen LogP contribution in [-0.4, -0.2) is 49.6 Å². The van der Waals surface area contributed by atoms with Crippen LogP contribution in [0.3, 0.4) is 0 Å². The third-order valence-corrected chi connectivity index (χ3v) is 5.97. The Hall–Kier alpha value is -3.61. The van der Waals surface area contributed by atoms with Gasteiger partial charge in [-0.2, -0.15) is 21.6 Å². The van der Waals surface area contributed by atoms with Gasteiger partial charge in [-0.05, 0) is 66.2 Å². The first-order valence-electron chi connectivity index (χ1n) is 12.1. The van der Waals surface area contributed by atoms with Crippen LogP contribution in [0.5, 0.6) is 0 Å². The first-order chi connectivity index (χ1) is 18.2. The van der Waals surface area contributed by atoms with Gasteiger partial charge in [0.1, 0.15) is 22.1 Å². The molecular weight excluding hydrogens is 553 g/mol. The van der Waals surface area contributed by atoms with Gasteiger partial charge in [0.05, 0.1) is 0 Å². The number of nitrogens with one attached hydrogen (secondary N) is 1. The second-order valence-electron chi connectivity index (χ2n) is 10.9. The lowest BCUT2D eigenvalue weighted by Crippen LogP contribution is -2.47. The van der Waals surface area contributed by atoms with Crippen LogP contribution >= 0.6 is 0 Å². The molecule has 0 radical (unpaired) electrons. The zero-order valence-electron chi connectivity index (χ0n) is 23.3. The molecule has 1 amide bonds. The van der Waals surface area contributed by atoms with Crippen LogP contribution < -0.4 is 5.32 Å². The monoisotopic (exact) mass is 586 g/mol. The number of hydrogen-bond donors (Lipinski definition) is 1. The molecule has 2 aromatic carbocycles. The molecule has 0 fully saturated rings. The fourth-order valence-electron chi connectivity index (χ4n) is 3.15. The first-order valence-corrected chi connectivity index (χ1v) is 13.5. The molecular formula is C27H33F3N2O7S. The Kier molecular flexibility index (Phi) is 10.0. The second kappa shape index (κ2) is 12.3. The van der Waals surface area contributed by atoms with Crippen molar-refractivity contribution >= 4 is 27.9 Å². The number of benzene rings is 2. The number of hydrogen-bond acceptors (Lipinski definition) is 8. The van der Waals surface area contributed by atoms with E-state index < -0.39 is 56.9 Å². The highest BCUT2D eigenvalue weighted by Gasteiger charge is 2.39. The number of rotatable bonds is 8. The maximum absolute atomic E-state index is 13.8. The molecule has 0 saturated carbocycles. The van der Waals surface area contributed by atoms with E-state index in [4.69, 9.17) is 9.47 Å². The number of aryl methyl sites for hydroxylation is 1. The predicted molar refractivity (Wildman–Crippen MR) is 141 cm³/mol. The summed E-state index contributed by atoms with van der Waals surface area (Å²) in [6, 6.07) is 8.74. The lowest BCUT2D eigenvalue weighted by molar-refractivity contribution is -0.157. The van der Waals surface area contributed by atoms with Gasteiger partial charge in [-0.1, -0.05) is 47.1 Å². The molecule has 1 N–H and O–H groups in total. The Morgan fingerprint density at radius 3 is 1.88 bits per heavy atom. The second-order valence-corrected chi connectivity index (χ2v) is 12.4. The number of alkyl carbamates (subject to hydrolysis) is 1. The maximum Gasteiger partial charge on any atom is 0.437 e. The van der Waals surface area contributed by atoms with Crippen LogP contribution in [0.2, 0.25) is 0 Å². The van der Waals surface area contributed by atoms with Gasteiger partial charge < -0.3 is 14.8 Å². The number of esters is 1. The molecule has 2 rings (SSSR count). The normalized spacial score (nSPS) is 13.8. The summed E-state index contributed by atoms with van der Waals surface area (Å²) >= 11 is 0. The molecule has 1 atom stereocenters. The maximum atomic E-state index is 13.8. The van der Waals surface area contributed by atoms with E-state index in [-0.39, 0.29) is 11.3 Å². The number of nitrogens with zero attached hydrogens (tertiary/aromatic N) is 1. The smallest absolute Gasteiger partial charge is 0.437 e. The van der Waals surface area contributed by atoms with Crippen molar-refractivity contribution in [3.8, 4) is 0 Å². The Bertz CT molecular complexity index is 1320. The molecule has 9 nitrogen and oxygen atoms in total. The van der Waals surface area contributed by atoms with Crippen molar-refractivity contribution in [3.05, 3.63) is 65.2 Å². The number of amides is 1. The van der Waals surface area contributed by atoms with Gasteiger partial charge in [-0.25, -0.2) is 9.59 Å². The summed E-state index contributed by atoms with van der Waals surface area (Å²) in [6.07, 6.45) is -6.06. The number of ether oxygens (including phenoxy) is 2. The van der Waals surface area contributed by atoms with E-state index >= 15 is 0 Å².